The monoisotopic (exact) mass is 218 g/mol. The molecule has 16 heavy (non-hydrogen) atoms. The first-order chi connectivity index (χ1) is 7.84. The Balaban J connectivity index is 1.53. The predicted octanol–water partition coefficient (Wildman–Crippen LogP) is 2.85. The highest BCUT2D eigenvalue weighted by Crippen LogP contribution is 2.56. The Labute approximate surface area is 98.4 Å². The molecule has 2 heteroatoms. The highest BCUT2D eigenvalue weighted by atomic mass is 14.9. The van der Waals surface area contributed by atoms with Gasteiger partial charge in [0.15, 0.2) is 0 Å². The normalized spacial score (nSPS) is 36.7. The lowest BCUT2D eigenvalue weighted by Crippen LogP contribution is -2.46. The summed E-state index contributed by atoms with van der Waals surface area (Å²) >= 11 is 0. The van der Waals surface area contributed by atoms with Crippen molar-refractivity contribution in [3.05, 3.63) is 0 Å². The summed E-state index contributed by atoms with van der Waals surface area (Å²) in [5.74, 6) is 1.31. The van der Waals surface area contributed by atoms with Crippen LogP contribution in [-0.2, 0) is 0 Å². The van der Waals surface area contributed by atoms with Gasteiger partial charge in [-0.25, -0.2) is 0 Å². The minimum Gasteiger partial charge on any atom is -0.312 e. The Morgan fingerprint density at radius 1 is 1.12 bits per heavy atom. The zero-order valence-electron chi connectivity index (χ0n) is 10.0. The van der Waals surface area contributed by atoms with Crippen LogP contribution >= 0.6 is 0 Å². The third-order valence-corrected chi connectivity index (χ3v) is 5.19. The lowest BCUT2D eigenvalue weighted by Gasteiger charge is -2.43. The first-order valence-electron chi connectivity index (χ1n) is 6.97. The summed E-state index contributed by atoms with van der Waals surface area (Å²) < 4.78 is 0. The number of nitrogens with zero attached hydrogens (tertiary/aromatic N) is 1. The highest BCUT2D eigenvalue weighted by molar-refractivity contribution is 5.03. The van der Waals surface area contributed by atoms with Crippen molar-refractivity contribution < 1.29 is 0 Å². The van der Waals surface area contributed by atoms with Crippen LogP contribution in [0.1, 0.15) is 51.4 Å². The first-order valence-corrected chi connectivity index (χ1v) is 6.97. The molecule has 0 aromatic heterocycles. The van der Waals surface area contributed by atoms with Gasteiger partial charge >= 0.3 is 0 Å². The van der Waals surface area contributed by atoms with Gasteiger partial charge < -0.3 is 5.32 Å². The minimum atomic E-state index is 0.288. The lowest BCUT2D eigenvalue weighted by atomic mass is 9.65. The summed E-state index contributed by atoms with van der Waals surface area (Å²) in [4.78, 5) is 0. The summed E-state index contributed by atoms with van der Waals surface area (Å²) in [5.41, 5.74) is 0.655. The van der Waals surface area contributed by atoms with Crippen LogP contribution in [0.3, 0.4) is 0 Å². The van der Waals surface area contributed by atoms with Crippen LogP contribution < -0.4 is 5.32 Å². The summed E-state index contributed by atoms with van der Waals surface area (Å²) in [7, 11) is 0. The van der Waals surface area contributed by atoms with Gasteiger partial charge in [-0.2, -0.15) is 5.26 Å². The van der Waals surface area contributed by atoms with Crippen molar-refractivity contribution in [2.75, 3.05) is 6.54 Å². The summed E-state index contributed by atoms with van der Waals surface area (Å²) in [5, 5.41) is 12.8. The molecule has 2 unspecified atom stereocenters. The van der Waals surface area contributed by atoms with E-state index < -0.39 is 0 Å². The Morgan fingerprint density at radius 3 is 2.50 bits per heavy atom. The minimum absolute atomic E-state index is 0.288. The summed E-state index contributed by atoms with van der Waals surface area (Å²) in [6, 6.07) is 2.97. The average Bonchev–Trinajstić information content (AvgIpc) is 2.96. The molecule has 0 aromatic rings. The Morgan fingerprint density at radius 2 is 1.94 bits per heavy atom. The maximum atomic E-state index is 9.07. The van der Waals surface area contributed by atoms with Gasteiger partial charge in [-0.3, -0.25) is 0 Å². The third-order valence-electron chi connectivity index (χ3n) is 5.19. The van der Waals surface area contributed by atoms with E-state index in [-0.39, 0.29) is 5.92 Å². The SMILES string of the molecule is N#CC1CCCC1NCC1(C2CC2)CCC1. The average molecular weight is 218 g/mol. The maximum absolute atomic E-state index is 9.07. The predicted molar refractivity (Wildman–Crippen MR) is 63.8 cm³/mol. The van der Waals surface area contributed by atoms with E-state index in [1.165, 1.54) is 51.5 Å². The third kappa shape index (κ3) is 1.76. The highest BCUT2D eigenvalue weighted by Gasteiger charge is 2.49. The maximum Gasteiger partial charge on any atom is 0.0672 e. The van der Waals surface area contributed by atoms with Crippen LogP contribution in [0.15, 0.2) is 0 Å². The van der Waals surface area contributed by atoms with Crippen LogP contribution in [0, 0.1) is 28.6 Å². The van der Waals surface area contributed by atoms with Crippen molar-refractivity contribution in [3.63, 3.8) is 0 Å². The van der Waals surface area contributed by atoms with Gasteiger partial charge in [0.05, 0.1) is 12.0 Å². The van der Waals surface area contributed by atoms with Crippen molar-refractivity contribution in [3.8, 4) is 6.07 Å². The molecule has 3 aliphatic rings. The number of hydrogen-bond donors (Lipinski definition) is 1. The topological polar surface area (TPSA) is 35.8 Å². The molecule has 0 bridgehead atoms. The molecule has 0 heterocycles. The lowest BCUT2D eigenvalue weighted by molar-refractivity contribution is 0.0934. The van der Waals surface area contributed by atoms with Gasteiger partial charge in [0.2, 0.25) is 0 Å². The molecule has 0 aromatic carbocycles. The molecular formula is C14H22N2. The Hall–Kier alpha value is -0.550. The van der Waals surface area contributed by atoms with Crippen LogP contribution in [0.25, 0.3) is 0 Å². The number of nitriles is 1. The van der Waals surface area contributed by atoms with Gasteiger partial charge in [0.1, 0.15) is 0 Å². The molecule has 2 nitrogen and oxygen atoms in total. The molecule has 1 N–H and O–H groups in total. The number of hydrogen-bond acceptors (Lipinski definition) is 2. The molecule has 0 radical (unpaired) electrons. The van der Waals surface area contributed by atoms with E-state index in [1.807, 2.05) is 0 Å². The molecule has 88 valence electrons. The van der Waals surface area contributed by atoms with E-state index in [1.54, 1.807) is 0 Å². The van der Waals surface area contributed by atoms with Crippen molar-refractivity contribution in [2.45, 2.75) is 57.4 Å². The van der Waals surface area contributed by atoms with Gasteiger partial charge in [-0.1, -0.05) is 12.8 Å². The molecule has 0 amide bonds. The molecule has 2 atom stereocenters. The van der Waals surface area contributed by atoms with Crippen LogP contribution in [0.5, 0.6) is 0 Å². The van der Waals surface area contributed by atoms with E-state index in [2.05, 4.69) is 11.4 Å². The van der Waals surface area contributed by atoms with E-state index in [9.17, 15) is 0 Å². The van der Waals surface area contributed by atoms with Crippen LogP contribution in [0.4, 0.5) is 0 Å². The summed E-state index contributed by atoms with van der Waals surface area (Å²) in [6.07, 6.45) is 10.8. The van der Waals surface area contributed by atoms with Crippen molar-refractivity contribution in [1.82, 2.24) is 5.32 Å². The molecule has 3 rings (SSSR count). The molecule has 3 aliphatic carbocycles. The van der Waals surface area contributed by atoms with Crippen molar-refractivity contribution in [1.29, 1.82) is 5.26 Å². The summed E-state index contributed by atoms with van der Waals surface area (Å²) in [6.45, 7) is 1.19. The molecule has 0 saturated heterocycles. The quantitative estimate of drug-likeness (QED) is 0.787. The second-order valence-electron chi connectivity index (χ2n) is 6.14. The first kappa shape index (κ1) is 10.6. The fraction of sp³-hybridized carbons (Fsp3) is 0.929. The van der Waals surface area contributed by atoms with E-state index in [0.717, 1.165) is 12.3 Å². The van der Waals surface area contributed by atoms with E-state index in [0.29, 0.717) is 11.5 Å². The van der Waals surface area contributed by atoms with Gasteiger partial charge in [-0.15, -0.1) is 0 Å². The fourth-order valence-electron chi connectivity index (χ4n) is 3.75. The van der Waals surface area contributed by atoms with E-state index >= 15 is 0 Å². The molecule has 0 aliphatic heterocycles. The van der Waals surface area contributed by atoms with E-state index in [4.69, 9.17) is 5.26 Å². The second-order valence-corrected chi connectivity index (χ2v) is 6.14. The zero-order chi connectivity index (χ0) is 11.0. The van der Waals surface area contributed by atoms with Gasteiger partial charge in [-0.05, 0) is 49.9 Å². The van der Waals surface area contributed by atoms with Crippen LogP contribution in [0.2, 0.25) is 0 Å². The number of rotatable bonds is 4. The largest absolute Gasteiger partial charge is 0.312 e. The number of nitrogens with one attached hydrogen (secondary N) is 1. The molecular weight excluding hydrogens is 196 g/mol. The van der Waals surface area contributed by atoms with Gasteiger partial charge in [0, 0.05) is 12.6 Å². The van der Waals surface area contributed by atoms with Crippen molar-refractivity contribution in [2.24, 2.45) is 17.3 Å². The zero-order valence-corrected chi connectivity index (χ0v) is 10.0. The van der Waals surface area contributed by atoms with Crippen molar-refractivity contribution >= 4 is 0 Å². The van der Waals surface area contributed by atoms with Crippen LogP contribution in [-0.4, -0.2) is 12.6 Å². The standard InChI is InChI=1S/C14H22N2/c15-9-11-3-1-4-13(11)16-10-14(7-2-8-14)12-5-6-12/h11-13,16H,1-8,10H2. The smallest absolute Gasteiger partial charge is 0.0672 e. The molecule has 3 fully saturated rings. The molecule has 3 saturated carbocycles. The Bertz CT molecular complexity index is 296. The Kier molecular flexibility index (Phi) is 2.67. The molecule has 0 spiro atoms. The second kappa shape index (κ2) is 4.04. The fourth-order valence-corrected chi connectivity index (χ4v) is 3.75. The van der Waals surface area contributed by atoms with Gasteiger partial charge in [0.25, 0.3) is 0 Å².